The van der Waals surface area contributed by atoms with E-state index in [1.54, 1.807) is 19.1 Å². The summed E-state index contributed by atoms with van der Waals surface area (Å²) in [7, 11) is 0. The van der Waals surface area contributed by atoms with Gasteiger partial charge in [-0.05, 0) is 37.5 Å². The molecule has 1 atom stereocenters. The van der Waals surface area contributed by atoms with Crippen LogP contribution in [0.4, 0.5) is 4.79 Å². The Morgan fingerprint density at radius 3 is 2.52 bits per heavy atom. The molecule has 2 aromatic rings. The van der Waals surface area contributed by atoms with Gasteiger partial charge in [-0.1, -0.05) is 36.8 Å². The first-order valence-electron chi connectivity index (χ1n) is 10.3. The lowest BCUT2D eigenvalue weighted by molar-refractivity contribution is -0.153. The van der Waals surface area contributed by atoms with E-state index in [1.165, 1.54) is 6.26 Å². The molecule has 1 aliphatic carbocycles. The predicted octanol–water partition coefficient (Wildman–Crippen LogP) is 3.12. The normalized spacial score (nSPS) is 19.6. The van der Waals surface area contributed by atoms with Gasteiger partial charge in [0.25, 0.3) is 0 Å². The van der Waals surface area contributed by atoms with E-state index < -0.39 is 23.5 Å². The summed E-state index contributed by atoms with van der Waals surface area (Å²) in [6.07, 6.45) is 3.78. The van der Waals surface area contributed by atoms with Crippen molar-refractivity contribution >= 4 is 18.0 Å². The summed E-state index contributed by atoms with van der Waals surface area (Å²) in [5, 5.41) is 5.25. The maximum absolute atomic E-state index is 13.1. The summed E-state index contributed by atoms with van der Waals surface area (Å²) in [5.41, 5.74) is 0.545. The van der Waals surface area contributed by atoms with Crippen LogP contribution in [0.2, 0.25) is 0 Å². The molecule has 0 saturated heterocycles. The number of furan rings is 1. The highest BCUT2D eigenvalue weighted by Gasteiger charge is 2.47. The molecule has 162 valence electrons. The van der Waals surface area contributed by atoms with Gasteiger partial charge in [0.1, 0.15) is 18.4 Å². The number of hydrogen-bond acceptors (Lipinski definition) is 6. The number of benzene rings is 1. The van der Waals surface area contributed by atoms with E-state index in [-0.39, 0.29) is 30.5 Å². The van der Waals surface area contributed by atoms with Gasteiger partial charge in [0.05, 0.1) is 29.6 Å². The van der Waals surface area contributed by atoms with Crippen LogP contribution in [0.3, 0.4) is 0 Å². The topological polar surface area (TPSA) is 107 Å². The van der Waals surface area contributed by atoms with Crippen molar-refractivity contribution in [2.24, 2.45) is 0 Å². The molecule has 1 fully saturated rings. The number of amides is 2. The van der Waals surface area contributed by atoms with Gasteiger partial charge in [-0.15, -0.1) is 0 Å². The number of urea groups is 1. The summed E-state index contributed by atoms with van der Waals surface area (Å²) >= 11 is 0. The van der Waals surface area contributed by atoms with Crippen LogP contribution < -0.4 is 10.6 Å². The quantitative estimate of drug-likeness (QED) is 0.662. The fourth-order valence-electron chi connectivity index (χ4n) is 4.02. The van der Waals surface area contributed by atoms with Gasteiger partial charge < -0.3 is 24.5 Å². The maximum Gasteiger partial charge on any atom is 0.338 e. The minimum atomic E-state index is -0.844. The minimum absolute atomic E-state index is 0.145. The van der Waals surface area contributed by atoms with E-state index in [9.17, 15) is 14.4 Å². The van der Waals surface area contributed by atoms with Crippen molar-refractivity contribution in [2.45, 2.75) is 37.6 Å². The summed E-state index contributed by atoms with van der Waals surface area (Å²) in [6.45, 7) is 1.59. The lowest BCUT2D eigenvalue weighted by Gasteiger charge is -2.40. The number of hydrogen-bond donors (Lipinski definition) is 2. The van der Waals surface area contributed by atoms with Gasteiger partial charge in [0, 0.05) is 0 Å². The highest BCUT2D eigenvalue weighted by atomic mass is 16.5. The fraction of sp³-hybridized carbons (Fsp3) is 0.348. The van der Waals surface area contributed by atoms with Crippen LogP contribution in [-0.2, 0) is 24.5 Å². The zero-order chi connectivity index (χ0) is 21.8. The molecule has 1 aromatic carbocycles. The molecule has 4 rings (SSSR count). The Morgan fingerprint density at radius 1 is 1.13 bits per heavy atom. The summed E-state index contributed by atoms with van der Waals surface area (Å²) in [6, 6.07) is 11.5. The van der Waals surface area contributed by atoms with Crippen molar-refractivity contribution in [2.75, 3.05) is 13.2 Å². The molecular formula is C23H24N2O6. The second-order valence-corrected chi connectivity index (χ2v) is 7.54. The van der Waals surface area contributed by atoms with Crippen LogP contribution in [0.1, 0.15) is 43.6 Å². The zero-order valence-electron chi connectivity index (χ0n) is 17.2. The van der Waals surface area contributed by atoms with Crippen molar-refractivity contribution in [3.8, 4) is 0 Å². The molecule has 31 heavy (non-hydrogen) atoms. The molecule has 0 unspecified atom stereocenters. The summed E-state index contributed by atoms with van der Waals surface area (Å²) in [4.78, 5) is 38.0. The first-order valence-corrected chi connectivity index (χ1v) is 10.3. The lowest BCUT2D eigenvalue weighted by atomic mass is 9.64. The molecular weight excluding hydrogens is 400 g/mol. The Hall–Kier alpha value is -3.55. The maximum atomic E-state index is 13.1. The molecule has 2 aliphatic rings. The number of ether oxygens (including phenoxy) is 2. The van der Waals surface area contributed by atoms with Crippen LogP contribution >= 0.6 is 0 Å². The van der Waals surface area contributed by atoms with Gasteiger partial charge in [-0.25, -0.2) is 9.59 Å². The van der Waals surface area contributed by atoms with Gasteiger partial charge in [-0.2, -0.15) is 0 Å². The second-order valence-electron chi connectivity index (χ2n) is 7.54. The molecule has 8 nitrogen and oxygen atoms in total. The average molecular weight is 424 g/mol. The zero-order valence-corrected chi connectivity index (χ0v) is 17.2. The van der Waals surface area contributed by atoms with E-state index in [4.69, 9.17) is 13.9 Å². The predicted molar refractivity (Wildman–Crippen MR) is 110 cm³/mol. The minimum Gasteiger partial charge on any atom is -0.467 e. The fourth-order valence-corrected chi connectivity index (χ4v) is 4.02. The van der Waals surface area contributed by atoms with Crippen molar-refractivity contribution < 1.29 is 28.3 Å². The molecule has 0 bridgehead atoms. The average Bonchev–Trinajstić information content (AvgIpc) is 3.27. The first-order chi connectivity index (χ1) is 15.0. The standard InChI is InChI=1S/C23H24N2O6/c1-2-29-20(26)18-16(24-22(28)25-19(18)17-10-6-13-30-17)14-31-21(27)23(11-7-12-23)15-8-4-3-5-9-15/h3-6,8-10,13,19H,2,7,11-12,14H2,1H3,(H2,24,25,28)/t19-/m0/s1. The Bertz CT molecular complexity index is 992. The highest BCUT2D eigenvalue weighted by molar-refractivity contribution is 5.95. The Morgan fingerprint density at radius 2 is 1.90 bits per heavy atom. The largest absolute Gasteiger partial charge is 0.467 e. The van der Waals surface area contributed by atoms with Crippen LogP contribution in [0.25, 0.3) is 0 Å². The van der Waals surface area contributed by atoms with Gasteiger partial charge in [-0.3, -0.25) is 4.79 Å². The molecule has 1 aromatic heterocycles. The third-order valence-corrected chi connectivity index (χ3v) is 5.75. The lowest BCUT2D eigenvalue weighted by Crippen LogP contribution is -2.48. The number of esters is 2. The third kappa shape index (κ3) is 3.93. The second kappa shape index (κ2) is 8.67. The molecule has 1 saturated carbocycles. The first kappa shape index (κ1) is 20.7. The highest BCUT2D eigenvalue weighted by Crippen LogP contribution is 2.44. The molecule has 0 radical (unpaired) electrons. The molecule has 2 amide bonds. The van der Waals surface area contributed by atoms with E-state index in [1.807, 2.05) is 30.3 Å². The van der Waals surface area contributed by atoms with E-state index >= 15 is 0 Å². The molecule has 2 heterocycles. The van der Waals surface area contributed by atoms with Crippen LogP contribution in [0.5, 0.6) is 0 Å². The molecule has 0 spiro atoms. The number of carbonyl (C=O) groups excluding carboxylic acids is 3. The number of nitrogens with one attached hydrogen (secondary N) is 2. The van der Waals surface area contributed by atoms with Gasteiger partial charge >= 0.3 is 18.0 Å². The summed E-state index contributed by atoms with van der Waals surface area (Å²) in [5.74, 6) is -0.617. The smallest absolute Gasteiger partial charge is 0.338 e. The van der Waals surface area contributed by atoms with Crippen molar-refractivity contribution in [1.29, 1.82) is 0 Å². The van der Waals surface area contributed by atoms with Crippen LogP contribution in [0.15, 0.2) is 64.4 Å². The number of rotatable bonds is 7. The molecule has 2 N–H and O–H groups in total. The van der Waals surface area contributed by atoms with Crippen molar-refractivity contribution in [1.82, 2.24) is 10.6 Å². The Balaban J connectivity index is 1.61. The van der Waals surface area contributed by atoms with E-state index in [0.29, 0.717) is 18.6 Å². The molecule has 1 aliphatic heterocycles. The van der Waals surface area contributed by atoms with Crippen molar-refractivity contribution in [3.05, 3.63) is 71.3 Å². The monoisotopic (exact) mass is 424 g/mol. The Labute approximate surface area is 179 Å². The van der Waals surface area contributed by atoms with Crippen LogP contribution in [0, 0.1) is 0 Å². The number of carbonyl (C=O) groups is 3. The summed E-state index contributed by atoms with van der Waals surface area (Å²) < 4.78 is 16.2. The van der Waals surface area contributed by atoms with Crippen molar-refractivity contribution in [3.63, 3.8) is 0 Å². The SMILES string of the molecule is CCOC(=O)C1=C(COC(=O)C2(c3ccccc3)CCC2)NC(=O)N[C@H]1c1ccco1. The van der Waals surface area contributed by atoms with Crippen LogP contribution in [-0.4, -0.2) is 31.2 Å². The van der Waals surface area contributed by atoms with Gasteiger partial charge in [0.2, 0.25) is 0 Å². The van der Waals surface area contributed by atoms with Gasteiger partial charge in [0.15, 0.2) is 0 Å². The third-order valence-electron chi connectivity index (χ3n) is 5.75. The van der Waals surface area contributed by atoms with E-state index in [0.717, 1.165) is 12.0 Å². The molecule has 8 heteroatoms. The van der Waals surface area contributed by atoms with E-state index in [2.05, 4.69) is 10.6 Å². The Kier molecular flexibility index (Phi) is 5.79.